The number of nitrogens with one attached hydrogen (secondary N) is 1. The van der Waals surface area contributed by atoms with Crippen LogP contribution in [0.2, 0.25) is 0 Å². The number of aryl methyl sites for hydroxylation is 2. The summed E-state index contributed by atoms with van der Waals surface area (Å²) >= 11 is 1.82. The Bertz CT molecular complexity index is 732. The molecule has 0 fully saturated rings. The summed E-state index contributed by atoms with van der Waals surface area (Å²) in [6.45, 7) is 6.40. The Morgan fingerprint density at radius 2 is 2.05 bits per heavy atom. The molecule has 2 aromatic heterocycles. The fourth-order valence-corrected chi connectivity index (χ4v) is 3.06. The molecule has 5 nitrogen and oxygen atoms in total. The summed E-state index contributed by atoms with van der Waals surface area (Å²) < 4.78 is 1.66. The summed E-state index contributed by atoms with van der Waals surface area (Å²) in [5, 5.41) is 14.8. The SMILES string of the molecule is Cc1ccc(C(C)Nc2cc(-n3cnnn3)ccc2C)s1. The van der Waals surface area contributed by atoms with Gasteiger partial charge in [-0.15, -0.1) is 16.4 Å². The van der Waals surface area contributed by atoms with Crippen molar-refractivity contribution < 1.29 is 0 Å². The van der Waals surface area contributed by atoms with Crippen molar-refractivity contribution in [3.05, 3.63) is 52.0 Å². The molecule has 1 N–H and O–H groups in total. The van der Waals surface area contributed by atoms with Crippen LogP contribution in [0, 0.1) is 13.8 Å². The number of nitrogens with zero attached hydrogens (tertiary/aromatic N) is 4. The third-order valence-corrected chi connectivity index (χ3v) is 4.58. The molecule has 108 valence electrons. The molecule has 0 aliphatic heterocycles. The van der Waals surface area contributed by atoms with Gasteiger partial charge in [-0.1, -0.05) is 6.07 Å². The van der Waals surface area contributed by atoms with Crippen molar-refractivity contribution in [1.29, 1.82) is 0 Å². The molecular weight excluding hydrogens is 282 g/mol. The Balaban J connectivity index is 1.86. The van der Waals surface area contributed by atoms with E-state index in [9.17, 15) is 0 Å². The molecule has 0 amide bonds. The minimum atomic E-state index is 0.270. The Hall–Kier alpha value is -2.21. The smallest absolute Gasteiger partial charge is 0.143 e. The summed E-state index contributed by atoms with van der Waals surface area (Å²) in [5.41, 5.74) is 3.25. The van der Waals surface area contributed by atoms with Gasteiger partial charge in [-0.2, -0.15) is 0 Å². The quantitative estimate of drug-likeness (QED) is 0.801. The van der Waals surface area contributed by atoms with Crippen LogP contribution >= 0.6 is 11.3 Å². The molecule has 1 atom stereocenters. The van der Waals surface area contributed by atoms with E-state index in [1.165, 1.54) is 15.3 Å². The van der Waals surface area contributed by atoms with Crippen LogP contribution in [0.5, 0.6) is 0 Å². The number of anilines is 1. The fraction of sp³-hybridized carbons (Fsp3) is 0.267. The summed E-state index contributed by atoms with van der Waals surface area (Å²) in [6, 6.07) is 10.8. The monoisotopic (exact) mass is 299 g/mol. The van der Waals surface area contributed by atoms with Gasteiger partial charge in [0.15, 0.2) is 0 Å². The van der Waals surface area contributed by atoms with Crippen LogP contribution in [0.25, 0.3) is 5.69 Å². The average molecular weight is 299 g/mol. The number of hydrogen-bond donors (Lipinski definition) is 1. The molecule has 0 aliphatic carbocycles. The molecule has 6 heteroatoms. The molecule has 2 heterocycles. The molecule has 0 spiro atoms. The third kappa shape index (κ3) is 2.95. The van der Waals surface area contributed by atoms with Crippen LogP contribution < -0.4 is 5.32 Å². The van der Waals surface area contributed by atoms with Crippen LogP contribution in [0.1, 0.15) is 28.3 Å². The third-order valence-electron chi connectivity index (χ3n) is 3.39. The number of hydrogen-bond acceptors (Lipinski definition) is 5. The summed E-state index contributed by atoms with van der Waals surface area (Å²) in [4.78, 5) is 2.66. The number of tetrazole rings is 1. The Morgan fingerprint density at radius 3 is 2.71 bits per heavy atom. The van der Waals surface area contributed by atoms with Crippen molar-refractivity contribution >= 4 is 17.0 Å². The van der Waals surface area contributed by atoms with Crippen molar-refractivity contribution in [2.75, 3.05) is 5.32 Å². The second-order valence-corrected chi connectivity index (χ2v) is 6.39. The molecule has 0 saturated heterocycles. The molecule has 0 radical (unpaired) electrons. The highest BCUT2D eigenvalue weighted by Gasteiger charge is 2.10. The number of benzene rings is 1. The topological polar surface area (TPSA) is 55.6 Å². The predicted molar refractivity (Wildman–Crippen MR) is 85.0 cm³/mol. The van der Waals surface area contributed by atoms with E-state index in [1.54, 1.807) is 11.0 Å². The van der Waals surface area contributed by atoms with Gasteiger partial charge in [0.25, 0.3) is 0 Å². The van der Waals surface area contributed by atoms with Crippen molar-refractivity contribution in [2.45, 2.75) is 26.8 Å². The fourth-order valence-electron chi connectivity index (χ4n) is 2.18. The molecule has 0 bridgehead atoms. The van der Waals surface area contributed by atoms with Gasteiger partial charge in [-0.3, -0.25) is 0 Å². The molecule has 1 aromatic carbocycles. The maximum atomic E-state index is 3.93. The lowest BCUT2D eigenvalue weighted by molar-refractivity contribution is 0.788. The Kier molecular flexibility index (Phi) is 3.70. The highest BCUT2D eigenvalue weighted by atomic mass is 32.1. The minimum absolute atomic E-state index is 0.270. The van der Waals surface area contributed by atoms with Crippen LogP contribution in [0.4, 0.5) is 5.69 Å². The molecule has 0 aliphatic rings. The normalized spacial score (nSPS) is 12.3. The number of aromatic nitrogens is 4. The maximum absolute atomic E-state index is 3.93. The predicted octanol–water partition coefficient (Wildman–Crippen LogP) is 3.51. The van der Waals surface area contributed by atoms with Gasteiger partial charge in [0, 0.05) is 15.4 Å². The molecule has 3 aromatic rings. The first-order chi connectivity index (χ1) is 10.1. The van der Waals surface area contributed by atoms with Crippen LogP contribution in [0.15, 0.2) is 36.7 Å². The lowest BCUT2D eigenvalue weighted by Crippen LogP contribution is -2.07. The van der Waals surface area contributed by atoms with E-state index in [0.717, 1.165) is 11.4 Å². The van der Waals surface area contributed by atoms with Crippen LogP contribution in [-0.2, 0) is 0 Å². The van der Waals surface area contributed by atoms with Gasteiger partial charge in [0.05, 0.1) is 11.7 Å². The van der Waals surface area contributed by atoms with Crippen molar-refractivity contribution in [1.82, 2.24) is 20.2 Å². The number of thiophene rings is 1. The van der Waals surface area contributed by atoms with E-state index in [2.05, 4.69) is 65.9 Å². The second kappa shape index (κ2) is 5.65. The van der Waals surface area contributed by atoms with Gasteiger partial charge in [-0.05, 0) is 61.0 Å². The molecule has 21 heavy (non-hydrogen) atoms. The summed E-state index contributed by atoms with van der Waals surface area (Å²) in [6.07, 6.45) is 1.60. The first-order valence-corrected chi connectivity index (χ1v) is 7.62. The Labute approximate surface area is 127 Å². The maximum Gasteiger partial charge on any atom is 0.143 e. The van der Waals surface area contributed by atoms with Crippen LogP contribution in [0.3, 0.4) is 0 Å². The molecule has 3 rings (SSSR count). The second-order valence-electron chi connectivity index (χ2n) is 5.07. The zero-order valence-electron chi connectivity index (χ0n) is 12.2. The molecular formula is C15H17N5S. The van der Waals surface area contributed by atoms with Crippen LogP contribution in [-0.4, -0.2) is 20.2 Å². The minimum Gasteiger partial charge on any atom is -0.377 e. The zero-order chi connectivity index (χ0) is 14.8. The highest BCUT2D eigenvalue weighted by molar-refractivity contribution is 7.12. The van der Waals surface area contributed by atoms with Crippen molar-refractivity contribution in [2.24, 2.45) is 0 Å². The van der Waals surface area contributed by atoms with E-state index in [1.807, 2.05) is 17.4 Å². The summed E-state index contributed by atoms with van der Waals surface area (Å²) in [5.74, 6) is 0. The largest absolute Gasteiger partial charge is 0.377 e. The van der Waals surface area contributed by atoms with E-state index < -0.39 is 0 Å². The van der Waals surface area contributed by atoms with Gasteiger partial charge in [-0.25, -0.2) is 4.68 Å². The van der Waals surface area contributed by atoms with E-state index in [-0.39, 0.29) is 6.04 Å². The highest BCUT2D eigenvalue weighted by Crippen LogP contribution is 2.28. The average Bonchev–Trinajstić information content (AvgIpc) is 3.12. The van der Waals surface area contributed by atoms with Gasteiger partial charge in [0.2, 0.25) is 0 Å². The van der Waals surface area contributed by atoms with E-state index in [4.69, 9.17) is 0 Å². The Morgan fingerprint density at radius 1 is 1.19 bits per heavy atom. The number of rotatable bonds is 4. The van der Waals surface area contributed by atoms with Crippen molar-refractivity contribution in [3.63, 3.8) is 0 Å². The van der Waals surface area contributed by atoms with Gasteiger partial charge in [0.1, 0.15) is 6.33 Å². The molecule has 0 saturated carbocycles. The first-order valence-electron chi connectivity index (χ1n) is 6.80. The standard InChI is InChI=1S/C15H17N5S/c1-10-4-6-13(20-9-16-18-19-20)8-14(10)17-12(3)15-7-5-11(2)21-15/h4-9,12,17H,1-3H3. The lowest BCUT2D eigenvalue weighted by Gasteiger charge is -2.16. The summed E-state index contributed by atoms with van der Waals surface area (Å²) in [7, 11) is 0. The first kappa shape index (κ1) is 13.8. The molecule has 1 unspecified atom stereocenters. The lowest BCUT2D eigenvalue weighted by atomic mass is 10.1. The van der Waals surface area contributed by atoms with E-state index in [0.29, 0.717) is 0 Å². The van der Waals surface area contributed by atoms with Crippen molar-refractivity contribution in [3.8, 4) is 5.69 Å². The zero-order valence-corrected chi connectivity index (χ0v) is 13.1. The van der Waals surface area contributed by atoms with Gasteiger partial charge < -0.3 is 5.32 Å². The van der Waals surface area contributed by atoms with E-state index >= 15 is 0 Å². The van der Waals surface area contributed by atoms with Gasteiger partial charge >= 0.3 is 0 Å².